The molecule has 2 aliphatic heterocycles. The molecule has 1 fully saturated rings. The van der Waals surface area contributed by atoms with Gasteiger partial charge in [-0.25, -0.2) is 13.2 Å². The fraction of sp³-hybridized carbons (Fsp3) is 0.350. The van der Waals surface area contributed by atoms with E-state index in [2.05, 4.69) is 10.2 Å². The number of fused-ring (bicyclic) bond motifs is 1. The first-order chi connectivity index (χ1) is 13.5. The SMILES string of the molecule is CNC(=O)N1CCc2cc(S(=O)(=O)N3CCN(c4ccccc4)CC3)ccc21. The summed E-state index contributed by atoms with van der Waals surface area (Å²) in [6, 6.07) is 14.9. The third-order valence-electron chi connectivity index (χ3n) is 5.40. The summed E-state index contributed by atoms with van der Waals surface area (Å²) in [5.41, 5.74) is 2.80. The van der Waals surface area contributed by atoms with Gasteiger partial charge in [0, 0.05) is 51.1 Å². The summed E-state index contributed by atoms with van der Waals surface area (Å²) < 4.78 is 27.8. The lowest BCUT2D eigenvalue weighted by atomic mass is 10.2. The Labute approximate surface area is 165 Å². The van der Waals surface area contributed by atoms with Crippen LogP contribution in [0.1, 0.15) is 5.56 Å². The van der Waals surface area contributed by atoms with Gasteiger partial charge in [0.05, 0.1) is 4.90 Å². The number of rotatable bonds is 3. The number of anilines is 2. The number of benzene rings is 2. The van der Waals surface area contributed by atoms with Crippen molar-refractivity contribution in [3.05, 3.63) is 54.1 Å². The molecular weight excluding hydrogens is 376 g/mol. The van der Waals surface area contributed by atoms with Crippen LogP contribution in [-0.4, -0.2) is 58.5 Å². The summed E-state index contributed by atoms with van der Waals surface area (Å²) >= 11 is 0. The maximum Gasteiger partial charge on any atom is 0.321 e. The zero-order chi connectivity index (χ0) is 19.7. The molecule has 8 heteroatoms. The number of nitrogens with zero attached hydrogens (tertiary/aromatic N) is 3. The fourth-order valence-corrected chi connectivity index (χ4v) is 5.33. The number of carbonyl (C=O) groups excluding carboxylic acids is 1. The number of para-hydroxylation sites is 1. The molecule has 0 radical (unpaired) electrons. The molecule has 2 aromatic carbocycles. The van der Waals surface area contributed by atoms with Crippen LogP contribution in [0.5, 0.6) is 0 Å². The Bertz CT molecular complexity index is 970. The molecule has 148 valence electrons. The number of nitrogens with one attached hydrogen (secondary N) is 1. The molecule has 0 saturated carbocycles. The van der Waals surface area contributed by atoms with E-state index in [1.807, 2.05) is 30.3 Å². The summed E-state index contributed by atoms with van der Waals surface area (Å²) in [7, 11) is -1.95. The molecule has 1 saturated heterocycles. The second-order valence-electron chi connectivity index (χ2n) is 6.97. The Morgan fingerprint density at radius 2 is 1.68 bits per heavy atom. The molecule has 7 nitrogen and oxygen atoms in total. The van der Waals surface area contributed by atoms with Crippen molar-refractivity contribution >= 4 is 27.4 Å². The van der Waals surface area contributed by atoms with E-state index in [-0.39, 0.29) is 6.03 Å². The molecule has 0 spiro atoms. The summed E-state index contributed by atoms with van der Waals surface area (Å²) in [6.45, 7) is 2.81. The first-order valence-corrected chi connectivity index (χ1v) is 10.9. The monoisotopic (exact) mass is 400 g/mol. The van der Waals surface area contributed by atoms with Gasteiger partial charge in [0.1, 0.15) is 0 Å². The van der Waals surface area contributed by atoms with Crippen molar-refractivity contribution < 1.29 is 13.2 Å². The van der Waals surface area contributed by atoms with E-state index in [1.54, 1.807) is 34.5 Å². The van der Waals surface area contributed by atoms with E-state index < -0.39 is 10.0 Å². The molecule has 2 heterocycles. The van der Waals surface area contributed by atoms with Gasteiger partial charge in [-0.05, 0) is 42.3 Å². The van der Waals surface area contributed by atoms with Gasteiger partial charge in [0.15, 0.2) is 0 Å². The minimum absolute atomic E-state index is 0.175. The minimum atomic E-state index is -3.54. The highest BCUT2D eigenvalue weighted by molar-refractivity contribution is 7.89. The van der Waals surface area contributed by atoms with E-state index in [1.165, 1.54) is 0 Å². The predicted molar refractivity (Wildman–Crippen MR) is 109 cm³/mol. The zero-order valence-corrected chi connectivity index (χ0v) is 16.7. The standard InChI is InChI=1S/C20H24N4O3S/c1-21-20(25)24-10-9-16-15-18(7-8-19(16)24)28(26,27)23-13-11-22(12-14-23)17-5-3-2-4-6-17/h2-8,15H,9-14H2,1H3,(H,21,25). The van der Waals surface area contributed by atoms with Gasteiger partial charge in [-0.15, -0.1) is 0 Å². The number of hydrogen-bond acceptors (Lipinski definition) is 4. The zero-order valence-electron chi connectivity index (χ0n) is 15.8. The largest absolute Gasteiger partial charge is 0.369 e. The van der Waals surface area contributed by atoms with Crippen LogP contribution in [0.25, 0.3) is 0 Å². The van der Waals surface area contributed by atoms with Gasteiger partial charge < -0.3 is 10.2 Å². The van der Waals surface area contributed by atoms with E-state index in [0.29, 0.717) is 44.0 Å². The van der Waals surface area contributed by atoms with E-state index in [0.717, 1.165) is 16.9 Å². The Morgan fingerprint density at radius 1 is 0.964 bits per heavy atom. The molecular formula is C20H24N4O3S. The molecule has 2 aromatic rings. The second-order valence-corrected chi connectivity index (χ2v) is 8.91. The Morgan fingerprint density at radius 3 is 2.36 bits per heavy atom. The lowest BCUT2D eigenvalue weighted by molar-refractivity contribution is 0.248. The average molecular weight is 401 g/mol. The van der Waals surface area contributed by atoms with Crippen LogP contribution in [0, 0.1) is 0 Å². The Kier molecular flexibility index (Phi) is 4.99. The van der Waals surface area contributed by atoms with Gasteiger partial charge >= 0.3 is 6.03 Å². The van der Waals surface area contributed by atoms with Crippen molar-refractivity contribution in [2.24, 2.45) is 0 Å². The summed E-state index contributed by atoms with van der Waals surface area (Å²) in [5.74, 6) is 0. The number of hydrogen-bond donors (Lipinski definition) is 1. The number of urea groups is 1. The maximum absolute atomic E-state index is 13.1. The van der Waals surface area contributed by atoms with Crippen LogP contribution < -0.4 is 15.1 Å². The second kappa shape index (κ2) is 7.44. The summed E-state index contributed by atoms with van der Waals surface area (Å²) in [6.07, 6.45) is 0.661. The van der Waals surface area contributed by atoms with Crippen LogP contribution in [0.3, 0.4) is 0 Å². The first-order valence-electron chi connectivity index (χ1n) is 9.43. The highest BCUT2D eigenvalue weighted by Gasteiger charge is 2.31. The average Bonchev–Trinajstić information content (AvgIpc) is 3.17. The molecule has 2 amide bonds. The van der Waals surface area contributed by atoms with Crippen molar-refractivity contribution in [3.8, 4) is 0 Å². The molecule has 2 aliphatic rings. The van der Waals surface area contributed by atoms with Crippen LogP contribution in [0.15, 0.2) is 53.4 Å². The highest BCUT2D eigenvalue weighted by Crippen LogP contribution is 2.31. The van der Waals surface area contributed by atoms with Crippen molar-refractivity contribution in [3.63, 3.8) is 0 Å². The molecule has 0 atom stereocenters. The van der Waals surface area contributed by atoms with Crippen LogP contribution in [0.2, 0.25) is 0 Å². The summed E-state index contributed by atoms with van der Waals surface area (Å²) in [4.78, 5) is 16.1. The van der Waals surface area contributed by atoms with Crippen molar-refractivity contribution in [1.29, 1.82) is 0 Å². The smallest absolute Gasteiger partial charge is 0.321 e. The van der Waals surface area contributed by atoms with Gasteiger partial charge in [-0.2, -0.15) is 4.31 Å². The fourth-order valence-electron chi connectivity index (χ4n) is 3.86. The van der Waals surface area contributed by atoms with Crippen LogP contribution >= 0.6 is 0 Å². The van der Waals surface area contributed by atoms with E-state index >= 15 is 0 Å². The van der Waals surface area contributed by atoms with Gasteiger partial charge in [0.25, 0.3) is 0 Å². The molecule has 0 bridgehead atoms. The topological polar surface area (TPSA) is 73.0 Å². The van der Waals surface area contributed by atoms with Crippen molar-refractivity contribution in [2.45, 2.75) is 11.3 Å². The highest BCUT2D eigenvalue weighted by atomic mass is 32.2. The van der Waals surface area contributed by atoms with E-state index in [9.17, 15) is 13.2 Å². The predicted octanol–water partition coefficient (Wildman–Crippen LogP) is 1.90. The third kappa shape index (κ3) is 3.33. The molecule has 0 unspecified atom stereocenters. The van der Waals surface area contributed by atoms with Crippen LogP contribution in [-0.2, 0) is 16.4 Å². The number of carbonyl (C=O) groups is 1. The number of amides is 2. The van der Waals surface area contributed by atoms with Crippen molar-refractivity contribution in [1.82, 2.24) is 9.62 Å². The Balaban J connectivity index is 1.50. The quantitative estimate of drug-likeness (QED) is 0.854. The van der Waals surface area contributed by atoms with Crippen LogP contribution in [0.4, 0.5) is 16.2 Å². The van der Waals surface area contributed by atoms with Gasteiger partial charge in [0.2, 0.25) is 10.0 Å². The van der Waals surface area contributed by atoms with Crippen molar-refractivity contribution in [2.75, 3.05) is 49.6 Å². The van der Waals surface area contributed by atoms with E-state index in [4.69, 9.17) is 0 Å². The lowest BCUT2D eigenvalue weighted by Crippen LogP contribution is -2.48. The lowest BCUT2D eigenvalue weighted by Gasteiger charge is -2.35. The molecule has 1 N–H and O–H groups in total. The molecule has 0 aliphatic carbocycles. The maximum atomic E-state index is 13.1. The number of sulfonamides is 1. The van der Waals surface area contributed by atoms with Gasteiger partial charge in [-0.1, -0.05) is 18.2 Å². The third-order valence-corrected chi connectivity index (χ3v) is 7.30. The Hall–Kier alpha value is -2.58. The molecule has 4 rings (SSSR count). The number of piperazine rings is 1. The normalized spacial score (nSPS) is 17.5. The molecule has 0 aromatic heterocycles. The summed E-state index contributed by atoms with van der Waals surface area (Å²) in [5, 5.41) is 2.62. The molecule has 28 heavy (non-hydrogen) atoms. The van der Waals surface area contributed by atoms with Gasteiger partial charge in [-0.3, -0.25) is 4.90 Å². The minimum Gasteiger partial charge on any atom is -0.369 e. The first kappa shape index (κ1) is 18.8.